The van der Waals surface area contributed by atoms with Crippen LogP contribution < -0.4 is 0 Å². The standard InChI is InChI=1S/C12H16N2OS/c1-7(2)9-5-6-10(16-9)12-14-13-11(15-12)8(3)4/h5-8H,1-4H3. The Balaban J connectivity index is 2.28. The molecule has 0 atom stereocenters. The number of nitrogens with zero attached hydrogens (tertiary/aromatic N) is 2. The van der Waals surface area contributed by atoms with Crippen LogP contribution in [0.1, 0.15) is 50.3 Å². The Bertz CT molecular complexity index is 427. The molecule has 0 fully saturated rings. The second kappa shape index (κ2) is 4.37. The van der Waals surface area contributed by atoms with E-state index in [-0.39, 0.29) is 5.92 Å². The van der Waals surface area contributed by atoms with Gasteiger partial charge in [-0.15, -0.1) is 21.5 Å². The van der Waals surface area contributed by atoms with Gasteiger partial charge in [-0.2, -0.15) is 0 Å². The van der Waals surface area contributed by atoms with Gasteiger partial charge in [0.05, 0.1) is 4.88 Å². The maximum Gasteiger partial charge on any atom is 0.257 e. The number of hydrogen-bond acceptors (Lipinski definition) is 4. The highest BCUT2D eigenvalue weighted by molar-refractivity contribution is 7.15. The van der Waals surface area contributed by atoms with Gasteiger partial charge in [0.2, 0.25) is 5.89 Å². The molecule has 0 N–H and O–H groups in total. The Hall–Kier alpha value is -1.16. The van der Waals surface area contributed by atoms with E-state index in [0.717, 1.165) is 4.88 Å². The summed E-state index contributed by atoms with van der Waals surface area (Å²) in [4.78, 5) is 2.40. The third-order valence-electron chi connectivity index (χ3n) is 2.34. The molecule has 16 heavy (non-hydrogen) atoms. The van der Waals surface area contributed by atoms with Crippen LogP contribution in [0.25, 0.3) is 10.8 Å². The summed E-state index contributed by atoms with van der Waals surface area (Å²) in [5.74, 6) is 2.17. The van der Waals surface area contributed by atoms with Crippen molar-refractivity contribution in [1.82, 2.24) is 10.2 Å². The predicted molar refractivity (Wildman–Crippen MR) is 65.8 cm³/mol. The molecule has 0 aromatic carbocycles. The molecule has 2 aromatic heterocycles. The summed E-state index contributed by atoms with van der Waals surface area (Å²) in [6.07, 6.45) is 0. The molecular formula is C12H16N2OS. The highest BCUT2D eigenvalue weighted by atomic mass is 32.1. The normalized spacial score (nSPS) is 11.6. The summed E-state index contributed by atoms with van der Waals surface area (Å²) in [7, 11) is 0. The summed E-state index contributed by atoms with van der Waals surface area (Å²) >= 11 is 1.72. The first-order chi connectivity index (χ1) is 7.58. The molecule has 2 aromatic rings. The van der Waals surface area contributed by atoms with E-state index in [4.69, 9.17) is 4.42 Å². The van der Waals surface area contributed by atoms with Crippen molar-refractivity contribution in [2.45, 2.75) is 39.5 Å². The van der Waals surface area contributed by atoms with E-state index in [0.29, 0.717) is 17.7 Å². The first-order valence-corrected chi connectivity index (χ1v) is 6.33. The third-order valence-corrected chi connectivity index (χ3v) is 3.71. The van der Waals surface area contributed by atoms with Gasteiger partial charge >= 0.3 is 0 Å². The van der Waals surface area contributed by atoms with Gasteiger partial charge in [0.15, 0.2) is 0 Å². The molecular weight excluding hydrogens is 220 g/mol. The average molecular weight is 236 g/mol. The van der Waals surface area contributed by atoms with Crippen molar-refractivity contribution in [2.24, 2.45) is 0 Å². The number of aromatic nitrogens is 2. The van der Waals surface area contributed by atoms with Crippen LogP contribution in [0.3, 0.4) is 0 Å². The molecule has 0 bridgehead atoms. The van der Waals surface area contributed by atoms with Gasteiger partial charge in [0.25, 0.3) is 5.89 Å². The summed E-state index contributed by atoms with van der Waals surface area (Å²) < 4.78 is 5.61. The zero-order valence-corrected chi connectivity index (χ0v) is 10.8. The Labute approximate surface area is 99.5 Å². The summed E-state index contributed by atoms with van der Waals surface area (Å²) in [5, 5.41) is 8.11. The fourth-order valence-electron chi connectivity index (χ4n) is 1.35. The summed E-state index contributed by atoms with van der Waals surface area (Å²) in [5.41, 5.74) is 0. The average Bonchev–Trinajstić information content (AvgIpc) is 2.86. The monoisotopic (exact) mass is 236 g/mol. The van der Waals surface area contributed by atoms with Gasteiger partial charge < -0.3 is 4.42 Å². The van der Waals surface area contributed by atoms with E-state index in [1.807, 2.05) is 13.8 Å². The van der Waals surface area contributed by atoms with Crippen LogP contribution in [-0.4, -0.2) is 10.2 Å². The molecule has 0 unspecified atom stereocenters. The summed E-state index contributed by atoms with van der Waals surface area (Å²) in [6.45, 7) is 8.46. The Kier molecular flexibility index (Phi) is 3.10. The van der Waals surface area contributed by atoms with Gasteiger partial charge in [0, 0.05) is 10.8 Å². The minimum absolute atomic E-state index is 0.283. The topological polar surface area (TPSA) is 38.9 Å². The third kappa shape index (κ3) is 2.16. The molecule has 0 amide bonds. The maximum atomic E-state index is 5.61. The van der Waals surface area contributed by atoms with Crippen molar-refractivity contribution in [3.63, 3.8) is 0 Å². The lowest BCUT2D eigenvalue weighted by Crippen LogP contribution is -1.85. The van der Waals surface area contributed by atoms with Crippen molar-refractivity contribution in [3.8, 4) is 10.8 Å². The Morgan fingerprint density at radius 2 is 1.81 bits per heavy atom. The fourth-order valence-corrected chi connectivity index (χ4v) is 2.28. The van der Waals surface area contributed by atoms with Gasteiger partial charge in [-0.25, -0.2) is 0 Å². The number of rotatable bonds is 3. The van der Waals surface area contributed by atoms with Crippen molar-refractivity contribution in [1.29, 1.82) is 0 Å². The molecule has 3 nitrogen and oxygen atoms in total. The Morgan fingerprint density at radius 3 is 2.31 bits per heavy atom. The molecule has 0 aliphatic carbocycles. The largest absolute Gasteiger partial charge is 0.420 e. The Morgan fingerprint density at radius 1 is 1.06 bits per heavy atom. The lowest BCUT2D eigenvalue weighted by molar-refractivity contribution is 0.482. The van der Waals surface area contributed by atoms with Crippen molar-refractivity contribution in [3.05, 3.63) is 22.9 Å². The smallest absolute Gasteiger partial charge is 0.257 e. The molecule has 2 heterocycles. The van der Waals surface area contributed by atoms with Crippen LogP contribution in [0.4, 0.5) is 0 Å². The predicted octanol–water partition coefficient (Wildman–Crippen LogP) is 4.04. The van der Waals surface area contributed by atoms with Gasteiger partial charge in [-0.05, 0) is 18.1 Å². The van der Waals surface area contributed by atoms with Crippen LogP contribution >= 0.6 is 11.3 Å². The van der Waals surface area contributed by atoms with Crippen molar-refractivity contribution in [2.75, 3.05) is 0 Å². The van der Waals surface area contributed by atoms with E-state index in [9.17, 15) is 0 Å². The molecule has 0 saturated heterocycles. The van der Waals surface area contributed by atoms with Crippen molar-refractivity contribution >= 4 is 11.3 Å². The van der Waals surface area contributed by atoms with Gasteiger partial charge in [-0.1, -0.05) is 27.7 Å². The molecule has 0 radical (unpaired) electrons. The summed E-state index contributed by atoms with van der Waals surface area (Å²) in [6, 6.07) is 4.18. The molecule has 4 heteroatoms. The first-order valence-electron chi connectivity index (χ1n) is 5.51. The van der Waals surface area contributed by atoms with Gasteiger partial charge in [-0.3, -0.25) is 0 Å². The van der Waals surface area contributed by atoms with E-state index in [1.54, 1.807) is 11.3 Å². The van der Waals surface area contributed by atoms with Crippen LogP contribution in [0.2, 0.25) is 0 Å². The lowest BCUT2D eigenvalue weighted by Gasteiger charge is -1.97. The first kappa shape index (κ1) is 11.3. The second-order valence-electron chi connectivity index (χ2n) is 4.46. The van der Waals surface area contributed by atoms with E-state index in [2.05, 4.69) is 36.2 Å². The van der Waals surface area contributed by atoms with Crippen LogP contribution in [-0.2, 0) is 0 Å². The zero-order chi connectivity index (χ0) is 11.7. The van der Waals surface area contributed by atoms with E-state index >= 15 is 0 Å². The molecule has 0 aliphatic rings. The van der Waals surface area contributed by atoms with Crippen LogP contribution in [0, 0.1) is 0 Å². The molecule has 86 valence electrons. The minimum atomic E-state index is 0.283. The minimum Gasteiger partial charge on any atom is -0.420 e. The SMILES string of the molecule is CC(C)c1nnc(-c2ccc(C(C)C)s2)o1. The lowest BCUT2D eigenvalue weighted by atomic mass is 10.2. The van der Waals surface area contributed by atoms with Crippen LogP contribution in [0.15, 0.2) is 16.5 Å². The second-order valence-corrected chi connectivity index (χ2v) is 5.57. The van der Waals surface area contributed by atoms with Crippen molar-refractivity contribution < 1.29 is 4.42 Å². The van der Waals surface area contributed by atoms with E-state index < -0.39 is 0 Å². The number of hydrogen-bond donors (Lipinski definition) is 0. The van der Waals surface area contributed by atoms with Gasteiger partial charge in [0.1, 0.15) is 0 Å². The highest BCUT2D eigenvalue weighted by Crippen LogP contribution is 2.31. The molecule has 0 spiro atoms. The molecule has 0 saturated carbocycles. The zero-order valence-electron chi connectivity index (χ0n) is 10.0. The molecule has 2 rings (SSSR count). The maximum absolute atomic E-state index is 5.61. The number of thiophene rings is 1. The van der Waals surface area contributed by atoms with Crippen LogP contribution in [0.5, 0.6) is 0 Å². The quantitative estimate of drug-likeness (QED) is 0.807. The molecule has 0 aliphatic heterocycles. The highest BCUT2D eigenvalue weighted by Gasteiger charge is 2.13. The fraction of sp³-hybridized carbons (Fsp3) is 0.500. The van der Waals surface area contributed by atoms with E-state index in [1.165, 1.54) is 4.88 Å².